The predicted octanol–water partition coefficient (Wildman–Crippen LogP) is 2.10. The molecule has 0 aromatic carbocycles. The lowest BCUT2D eigenvalue weighted by Crippen LogP contribution is -2.03. The third-order valence-electron chi connectivity index (χ3n) is 1.40. The Morgan fingerprint density at radius 3 is 3.00 bits per heavy atom. The number of hydrogen-bond donors (Lipinski definition) is 0. The monoisotopic (exact) mass is 141 g/mol. The molecule has 0 radical (unpaired) electrons. The summed E-state index contributed by atoms with van der Waals surface area (Å²) in [4.78, 5) is 5.67. The lowest BCUT2D eigenvalue weighted by atomic mass is 10.2. The van der Waals surface area contributed by atoms with Gasteiger partial charge in [-0.2, -0.15) is 0 Å². The predicted molar refractivity (Wildman–Crippen MR) is 44.2 cm³/mol. The van der Waals surface area contributed by atoms with E-state index >= 15 is 0 Å². The molecule has 2 heteroatoms. The Morgan fingerprint density at radius 1 is 1.78 bits per heavy atom. The van der Waals surface area contributed by atoms with Crippen molar-refractivity contribution >= 4 is 18.0 Å². The number of aliphatic imine (C=N–C) groups is 1. The Hall–Kier alpha value is -0.240. The van der Waals surface area contributed by atoms with Gasteiger partial charge in [-0.3, -0.25) is 4.99 Å². The summed E-state index contributed by atoms with van der Waals surface area (Å²) in [6.45, 7) is 2.12. The van der Waals surface area contributed by atoms with Crippen LogP contribution < -0.4 is 0 Å². The van der Waals surface area contributed by atoms with Gasteiger partial charge in [0.2, 0.25) is 0 Å². The third-order valence-corrected chi connectivity index (χ3v) is 2.38. The zero-order valence-electron chi connectivity index (χ0n) is 5.79. The molecule has 50 valence electrons. The van der Waals surface area contributed by atoms with Crippen LogP contribution in [0.3, 0.4) is 0 Å². The molecule has 0 aliphatic carbocycles. The highest BCUT2D eigenvalue weighted by molar-refractivity contribution is 8.02. The molecule has 0 spiro atoms. The van der Waals surface area contributed by atoms with Gasteiger partial charge >= 0.3 is 0 Å². The van der Waals surface area contributed by atoms with E-state index in [-0.39, 0.29) is 0 Å². The van der Waals surface area contributed by atoms with E-state index in [9.17, 15) is 0 Å². The highest BCUT2D eigenvalue weighted by atomic mass is 32.2. The average molecular weight is 141 g/mol. The van der Waals surface area contributed by atoms with Gasteiger partial charge in [0.25, 0.3) is 0 Å². The third kappa shape index (κ3) is 1.58. The van der Waals surface area contributed by atoms with Crippen LogP contribution in [0.25, 0.3) is 0 Å². The van der Waals surface area contributed by atoms with Crippen LogP contribution in [-0.4, -0.2) is 18.5 Å². The number of hydrogen-bond acceptors (Lipinski definition) is 2. The molecular weight excluding hydrogens is 130 g/mol. The van der Waals surface area contributed by atoms with E-state index in [4.69, 9.17) is 0 Å². The minimum absolute atomic E-state index is 0.411. The Labute approximate surface area is 60.3 Å². The minimum atomic E-state index is 0.411. The second-order valence-corrected chi connectivity index (χ2v) is 2.93. The molecule has 1 aliphatic rings. The van der Waals surface area contributed by atoms with Crippen molar-refractivity contribution in [3.05, 3.63) is 11.0 Å². The molecule has 0 aromatic heterocycles. The average Bonchev–Trinajstić information content (AvgIpc) is 1.89. The summed E-state index contributed by atoms with van der Waals surface area (Å²) in [5.74, 6) is 0. The van der Waals surface area contributed by atoms with E-state index in [1.165, 1.54) is 4.91 Å². The van der Waals surface area contributed by atoms with E-state index in [0.717, 1.165) is 6.42 Å². The maximum absolute atomic E-state index is 4.27. The lowest BCUT2D eigenvalue weighted by molar-refractivity contribution is 0.897. The summed E-state index contributed by atoms with van der Waals surface area (Å²) in [5, 5.41) is 0. The van der Waals surface area contributed by atoms with E-state index in [2.05, 4.69) is 24.2 Å². The Balaban J connectivity index is 2.59. The Morgan fingerprint density at radius 2 is 2.56 bits per heavy atom. The summed E-state index contributed by atoms with van der Waals surface area (Å²) in [7, 11) is 0. The fourth-order valence-corrected chi connectivity index (χ4v) is 1.55. The van der Waals surface area contributed by atoms with Crippen LogP contribution in [-0.2, 0) is 0 Å². The SMILES string of the molecule is CSC1=CCC=NC1C. The molecule has 1 nitrogen and oxygen atoms in total. The van der Waals surface area contributed by atoms with E-state index < -0.39 is 0 Å². The summed E-state index contributed by atoms with van der Waals surface area (Å²) in [6.07, 6.45) is 7.33. The molecule has 0 saturated heterocycles. The minimum Gasteiger partial charge on any atom is -0.289 e. The maximum Gasteiger partial charge on any atom is 0.0772 e. The number of allylic oxidation sites excluding steroid dienone is 1. The van der Waals surface area contributed by atoms with Gasteiger partial charge < -0.3 is 0 Å². The fourth-order valence-electron chi connectivity index (χ4n) is 0.886. The van der Waals surface area contributed by atoms with Crippen LogP contribution in [0.2, 0.25) is 0 Å². The molecule has 0 amide bonds. The topological polar surface area (TPSA) is 12.4 Å². The molecule has 0 fully saturated rings. The summed E-state index contributed by atoms with van der Waals surface area (Å²) in [6, 6.07) is 0.411. The molecule has 1 unspecified atom stereocenters. The second kappa shape index (κ2) is 3.06. The van der Waals surface area contributed by atoms with Crippen LogP contribution in [0.15, 0.2) is 16.0 Å². The molecule has 0 N–H and O–H groups in total. The van der Waals surface area contributed by atoms with Gasteiger partial charge in [-0.1, -0.05) is 6.08 Å². The first-order valence-corrected chi connectivity index (χ1v) is 4.32. The van der Waals surface area contributed by atoms with Crippen molar-refractivity contribution in [3.8, 4) is 0 Å². The number of dihydropyridines is 1. The smallest absolute Gasteiger partial charge is 0.0772 e. The molecule has 0 saturated carbocycles. The largest absolute Gasteiger partial charge is 0.289 e. The Kier molecular flexibility index (Phi) is 2.34. The van der Waals surface area contributed by atoms with Gasteiger partial charge in [0, 0.05) is 17.5 Å². The quantitative estimate of drug-likeness (QED) is 0.544. The number of rotatable bonds is 1. The van der Waals surface area contributed by atoms with Crippen molar-refractivity contribution in [2.24, 2.45) is 4.99 Å². The van der Waals surface area contributed by atoms with Crippen LogP contribution in [0, 0.1) is 0 Å². The molecular formula is C7H11NS. The van der Waals surface area contributed by atoms with Crippen LogP contribution >= 0.6 is 11.8 Å². The zero-order chi connectivity index (χ0) is 6.69. The van der Waals surface area contributed by atoms with Crippen LogP contribution in [0.4, 0.5) is 0 Å². The van der Waals surface area contributed by atoms with Crippen LogP contribution in [0.5, 0.6) is 0 Å². The molecule has 0 aromatic rings. The summed E-state index contributed by atoms with van der Waals surface area (Å²) < 4.78 is 0. The van der Waals surface area contributed by atoms with Crippen molar-refractivity contribution < 1.29 is 0 Å². The van der Waals surface area contributed by atoms with Crippen molar-refractivity contribution in [1.29, 1.82) is 0 Å². The molecule has 0 bridgehead atoms. The van der Waals surface area contributed by atoms with Crippen molar-refractivity contribution in [2.75, 3.05) is 6.26 Å². The van der Waals surface area contributed by atoms with Crippen LogP contribution in [0.1, 0.15) is 13.3 Å². The number of nitrogens with zero attached hydrogens (tertiary/aromatic N) is 1. The van der Waals surface area contributed by atoms with E-state index in [1.54, 1.807) is 11.8 Å². The number of thioether (sulfide) groups is 1. The normalized spacial score (nSPS) is 26.0. The van der Waals surface area contributed by atoms with Crippen molar-refractivity contribution in [3.63, 3.8) is 0 Å². The molecule has 1 rings (SSSR count). The second-order valence-electron chi connectivity index (χ2n) is 2.05. The molecule has 1 aliphatic heterocycles. The van der Waals surface area contributed by atoms with Gasteiger partial charge in [-0.25, -0.2) is 0 Å². The lowest BCUT2D eigenvalue weighted by Gasteiger charge is -2.11. The highest BCUT2D eigenvalue weighted by Crippen LogP contribution is 2.21. The van der Waals surface area contributed by atoms with Gasteiger partial charge in [-0.15, -0.1) is 11.8 Å². The highest BCUT2D eigenvalue weighted by Gasteiger charge is 2.06. The molecule has 1 heterocycles. The summed E-state index contributed by atoms with van der Waals surface area (Å²) in [5.41, 5.74) is 0. The first-order chi connectivity index (χ1) is 4.34. The first-order valence-electron chi connectivity index (χ1n) is 3.10. The summed E-state index contributed by atoms with van der Waals surface area (Å²) >= 11 is 1.80. The van der Waals surface area contributed by atoms with Gasteiger partial charge in [0.15, 0.2) is 0 Å². The van der Waals surface area contributed by atoms with Crippen molar-refractivity contribution in [1.82, 2.24) is 0 Å². The first kappa shape index (κ1) is 6.87. The van der Waals surface area contributed by atoms with E-state index in [1.807, 2.05) is 6.21 Å². The Bertz CT molecular complexity index is 149. The molecule has 9 heavy (non-hydrogen) atoms. The zero-order valence-corrected chi connectivity index (χ0v) is 6.61. The molecule has 1 atom stereocenters. The van der Waals surface area contributed by atoms with Gasteiger partial charge in [-0.05, 0) is 13.2 Å². The standard InChI is InChI=1S/C7H11NS/c1-6-7(9-2)4-3-5-8-6/h4-6H,3H2,1-2H3. The van der Waals surface area contributed by atoms with Gasteiger partial charge in [0.05, 0.1) is 6.04 Å². The fraction of sp³-hybridized carbons (Fsp3) is 0.571. The van der Waals surface area contributed by atoms with Gasteiger partial charge in [0.1, 0.15) is 0 Å². The van der Waals surface area contributed by atoms with Crippen molar-refractivity contribution in [2.45, 2.75) is 19.4 Å². The maximum atomic E-state index is 4.27. The van der Waals surface area contributed by atoms with E-state index in [0.29, 0.717) is 6.04 Å².